The lowest BCUT2D eigenvalue weighted by molar-refractivity contribution is -0.144. The van der Waals surface area contributed by atoms with Crippen molar-refractivity contribution in [2.45, 2.75) is 13.2 Å². The molecule has 0 fully saturated rings. The van der Waals surface area contributed by atoms with E-state index < -0.39 is 12.2 Å². The molecule has 0 aliphatic carbocycles. The number of ether oxygens (including phenoxy) is 2. The smallest absolute Gasteiger partial charge is 0.365 e. The number of carbonyl (C=O) groups excluding carboxylic acids is 1. The quantitative estimate of drug-likeness (QED) is 0.700. The molecule has 0 saturated carbocycles. The van der Waals surface area contributed by atoms with Crippen LogP contribution in [0.1, 0.15) is 12.5 Å². The summed E-state index contributed by atoms with van der Waals surface area (Å²) in [7, 11) is 0. The van der Waals surface area contributed by atoms with Crippen LogP contribution in [-0.4, -0.2) is 24.7 Å². The summed E-state index contributed by atoms with van der Waals surface area (Å²) < 4.78 is 10.1. The molecule has 0 saturated heterocycles. The fourth-order valence-corrected chi connectivity index (χ4v) is 1.31. The first-order valence-electron chi connectivity index (χ1n) is 4.78. The largest absolute Gasteiger partial charge is 0.404 e. The Balaban J connectivity index is 2.19. The highest BCUT2D eigenvalue weighted by molar-refractivity contribution is 6.05. The van der Waals surface area contributed by atoms with E-state index in [0.717, 1.165) is 5.56 Å². The number of rotatable bonds is 3. The van der Waals surface area contributed by atoms with Gasteiger partial charge in [-0.25, -0.2) is 9.79 Å². The van der Waals surface area contributed by atoms with Crippen LogP contribution in [0.25, 0.3) is 0 Å². The van der Waals surface area contributed by atoms with E-state index >= 15 is 0 Å². The Kier molecular flexibility index (Phi) is 2.78. The fourth-order valence-electron chi connectivity index (χ4n) is 1.31. The fraction of sp³-hybridized carbons (Fsp3) is 0.273. The van der Waals surface area contributed by atoms with Crippen molar-refractivity contribution in [1.82, 2.24) is 0 Å². The van der Waals surface area contributed by atoms with Crippen LogP contribution in [-0.2, 0) is 14.3 Å². The molecule has 1 aromatic rings. The van der Waals surface area contributed by atoms with E-state index in [1.54, 1.807) is 0 Å². The highest BCUT2D eigenvalue weighted by atomic mass is 16.6. The van der Waals surface area contributed by atoms with Gasteiger partial charge in [-0.05, 0) is 19.1 Å². The van der Waals surface area contributed by atoms with E-state index in [9.17, 15) is 4.79 Å². The van der Waals surface area contributed by atoms with Gasteiger partial charge in [-0.15, -0.1) is 0 Å². The number of aliphatic imine (C=N–C) groups is 1. The maximum absolute atomic E-state index is 11.3. The van der Waals surface area contributed by atoms with E-state index in [1.807, 2.05) is 37.3 Å². The summed E-state index contributed by atoms with van der Waals surface area (Å²) in [5.74, 6) is -0.116. The molecule has 1 heterocycles. The molecule has 0 radical (unpaired) electrons. The average Bonchev–Trinajstić information content (AvgIpc) is 2.63. The summed E-state index contributed by atoms with van der Waals surface area (Å²) in [5, 5.41) is 0. The van der Waals surface area contributed by atoms with Crippen molar-refractivity contribution in [3.63, 3.8) is 0 Å². The molecule has 1 aliphatic heterocycles. The Morgan fingerprint density at radius 3 is 2.80 bits per heavy atom. The molecular formula is C11H11NO3. The molecule has 0 spiro atoms. The van der Waals surface area contributed by atoms with Crippen molar-refractivity contribution in [2.75, 3.05) is 6.61 Å². The van der Waals surface area contributed by atoms with Crippen LogP contribution >= 0.6 is 0 Å². The average molecular weight is 205 g/mol. The van der Waals surface area contributed by atoms with Crippen molar-refractivity contribution in [2.24, 2.45) is 4.99 Å². The molecule has 1 unspecified atom stereocenters. The second-order valence-electron chi connectivity index (χ2n) is 3.03. The number of esters is 1. The van der Waals surface area contributed by atoms with Crippen LogP contribution < -0.4 is 0 Å². The lowest BCUT2D eigenvalue weighted by Gasteiger charge is -2.00. The van der Waals surface area contributed by atoms with Gasteiger partial charge in [0.15, 0.2) is 0 Å². The van der Waals surface area contributed by atoms with Crippen LogP contribution in [0.4, 0.5) is 0 Å². The van der Waals surface area contributed by atoms with Crippen molar-refractivity contribution < 1.29 is 14.3 Å². The van der Waals surface area contributed by atoms with Crippen molar-refractivity contribution in [1.29, 1.82) is 0 Å². The molecule has 1 aliphatic rings. The number of hydrogen-bond acceptors (Lipinski definition) is 4. The summed E-state index contributed by atoms with van der Waals surface area (Å²) in [6.07, 6.45) is -0.801. The lowest BCUT2D eigenvalue weighted by Crippen LogP contribution is -2.18. The third-order valence-corrected chi connectivity index (χ3v) is 1.98. The molecule has 78 valence electrons. The van der Waals surface area contributed by atoms with Gasteiger partial charge in [-0.3, -0.25) is 0 Å². The Hall–Kier alpha value is -1.68. The summed E-state index contributed by atoms with van der Waals surface area (Å²) in [4.78, 5) is 15.3. The van der Waals surface area contributed by atoms with Crippen LogP contribution in [0.15, 0.2) is 35.3 Å². The second kappa shape index (κ2) is 4.23. The zero-order chi connectivity index (χ0) is 10.7. The number of benzene rings is 1. The minimum atomic E-state index is -0.801. The molecule has 0 bridgehead atoms. The first-order chi connectivity index (χ1) is 7.31. The molecule has 2 rings (SSSR count). The van der Waals surface area contributed by atoms with E-state index in [-0.39, 0.29) is 0 Å². The maximum atomic E-state index is 11.3. The molecule has 0 aromatic heterocycles. The van der Waals surface area contributed by atoms with Gasteiger partial charge in [0.05, 0.1) is 0 Å². The molecular weight excluding hydrogens is 194 g/mol. The zero-order valence-electron chi connectivity index (χ0n) is 8.34. The summed E-state index contributed by atoms with van der Waals surface area (Å²) >= 11 is 0. The number of hydrogen-bond donors (Lipinski definition) is 0. The Bertz CT molecular complexity index is 386. The van der Waals surface area contributed by atoms with Crippen LogP contribution in [0.5, 0.6) is 0 Å². The van der Waals surface area contributed by atoms with Crippen molar-refractivity contribution in [3.8, 4) is 0 Å². The first kappa shape index (κ1) is 9.86. The highest BCUT2D eigenvalue weighted by Crippen LogP contribution is 2.13. The number of cyclic esters (lactones) is 1. The Morgan fingerprint density at radius 2 is 2.13 bits per heavy atom. The van der Waals surface area contributed by atoms with Crippen LogP contribution in [0.2, 0.25) is 0 Å². The predicted molar refractivity (Wildman–Crippen MR) is 54.5 cm³/mol. The van der Waals surface area contributed by atoms with Crippen molar-refractivity contribution in [3.05, 3.63) is 35.9 Å². The summed E-state index contributed by atoms with van der Waals surface area (Å²) in [6, 6.07) is 9.28. The molecule has 0 amide bonds. The number of nitrogens with zero attached hydrogens (tertiary/aromatic N) is 1. The van der Waals surface area contributed by atoms with Gasteiger partial charge >= 0.3 is 5.97 Å². The van der Waals surface area contributed by atoms with E-state index in [4.69, 9.17) is 9.47 Å². The minimum absolute atomic E-state index is 0.332. The second-order valence-corrected chi connectivity index (χ2v) is 3.03. The number of carbonyl (C=O) groups is 1. The standard InChI is InChI=1S/C11H11NO3/c1-2-14-10-11(13)15-9(12-10)8-6-4-3-5-7-8/h3-7,10H,2H2,1H3. The van der Waals surface area contributed by atoms with Crippen molar-refractivity contribution >= 4 is 11.9 Å². The summed E-state index contributed by atoms with van der Waals surface area (Å²) in [6.45, 7) is 2.24. The van der Waals surface area contributed by atoms with Gasteiger partial charge in [-0.1, -0.05) is 18.2 Å². The van der Waals surface area contributed by atoms with Gasteiger partial charge in [0, 0.05) is 12.2 Å². The predicted octanol–water partition coefficient (Wildman–Crippen LogP) is 1.35. The summed E-state index contributed by atoms with van der Waals surface area (Å²) in [5.41, 5.74) is 0.785. The Labute approximate surface area is 87.5 Å². The van der Waals surface area contributed by atoms with Gasteiger partial charge in [-0.2, -0.15) is 0 Å². The lowest BCUT2D eigenvalue weighted by atomic mass is 10.2. The molecule has 1 aromatic carbocycles. The van der Waals surface area contributed by atoms with E-state index in [1.165, 1.54) is 0 Å². The molecule has 4 nitrogen and oxygen atoms in total. The molecule has 1 atom stereocenters. The van der Waals surface area contributed by atoms with Gasteiger partial charge < -0.3 is 9.47 Å². The zero-order valence-corrected chi connectivity index (χ0v) is 8.34. The SMILES string of the molecule is CCOC1N=C(c2ccccc2)OC1=O. The highest BCUT2D eigenvalue weighted by Gasteiger charge is 2.29. The first-order valence-corrected chi connectivity index (χ1v) is 4.78. The third kappa shape index (κ3) is 2.05. The monoisotopic (exact) mass is 205 g/mol. The van der Waals surface area contributed by atoms with E-state index in [0.29, 0.717) is 12.5 Å². The topological polar surface area (TPSA) is 47.9 Å². The van der Waals surface area contributed by atoms with Crippen LogP contribution in [0.3, 0.4) is 0 Å². The molecule has 4 heteroatoms. The van der Waals surface area contributed by atoms with Gasteiger partial charge in [0.2, 0.25) is 5.90 Å². The van der Waals surface area contributed by atoms with Crippen LogP contribution in [0, 0.1) is 0 Å². The minimum Gasteiger partial charge on any atom is -0.404 e. The van der Waals surface area contributed by atoms with Gasteiger partial charge in [0.25, 0.3) is 6.23 Å². The van der Waals surface area contributed by atoms with E-state index in [2.05, 4.69) is 4.99 Å². The Morgan fingerprint density at radius 1 is 1.40 bits per heavy atom. The van der Waals surface area contributed by atoms with Gasteiger partial charge in [0.1, 0.15) is 0 Å². The maximum Gasteiger partial charge on any atom is 0.365 e. The normalized spacial score (nSPS) is 19.9. The molecule has 0 N–H and O–H groups in total. The molecule has 15 heavy (non-hydrogen) atoms. The third-order valence-electron chi connectivity index (χ3n) is 1.98.